The van der Waals surface area contributed by atoms with Crippen LogP contribution in [0.15, 0.2) is 53.0 Å². The molecule has 0 fully saturated rings. The van der Waals surface area contributed by atoms with E-state index in [1.807, 2.05) is 23.8 Å². The number of amides is 1. The van der Waals surface area contributed by atoms with Crippen LogP contribution < -0.4 is 10.1 Å². The quantitative estimate of drug-likeness (QED) is 0.578. The molecule has 0 spiro atoms. The van der Waals surface area contributed by atoms with Crippen LogP contribution in [0.25, 0.3) is 0 Å². The van der Waals surface area contributed by atoms with Crippen LogP contribution >= 0.6 is 34.7 Å². The van der Waals surface area contributed by atoms with Crippen LogP contribution in [0.4, 0.5) is 5.69 Å². The molecule has 0 aliphatic heterocycles. The molecule has 0 radical (unpaired) electrons. The maximum atomic E-state index is 12.1. The summed E-state index contributed by atoms with van der Waals surface area (Å²) < 4.78 is 5.66. The van der Waals surface area contributed by atoms with E-state index in [1.54, 1.807) is 42.2 Å². The Bertz CT molecular complexity index is 867. The van der Waals surface area contributed by atoms with Crippen LogP contribution in [0.1, 0.15) is 10.7 Å². The van der Waals surface area contributed by atoms with Crippen molar-refractivity contribution in [3.05, 3.63) is 63.7 Å². The van der Waals surface area contributed by atoms with Crippen molar-refractivity contribution < 1.29 is 9.53 Å². The number of hydrogen-bond acceptors (Lipinski definition) is 6. The van der Waals surface area contributed by atoms with Crippen LogP contribution in [0, 0.1) is 0 Å². The van der Waals surface area contributed by atoms with E-state index in [0.29, 0.717) is 17.3 Å². The first-order valence-electron chi connectivity index (χ1n) is 7.74. The van der Waals surface area contributed by atoms with Crippen molar-refractivity contribution in [1.29, 1.82) is 0 Å². The predicted octanol–water partition coefficient (Wildman–Crippen LogP) is 4.67. The second kappa shape index (κ2) is 9.02. The van der Waals surface area contributed by atoms with E-state index in [9.17, 15) is 4.79 Å². The zero-order valence-corrected chi connectivity index (χ0v) is 16.3. The van der Waals surface area contributed by atoms with Gasteiger partial charge in [0.1, 0.15) is 17.4 Å². The molecule has 0 saturated heterocycles. The van der Waals surface area contributed by atoms with E-state index in [2.05, 4.69) is 15.3 Å². The number of aromatic nitrogens is 2. The minimum absolute atomic E-state index is 0.126. The lowest BCUT2D eigenvalue weighted by Crippen LogP contribution is -2.14. The summed E-state index contributed by atoms with van der Waals surface area (Å²) in [6, 6.07) is 10.9. The van der Waals surface area contributed by atoms with Crippen LogP contribution in [-0.2, 0) is 17.8 Å². The van der Waals surface area contributed by atoms with Gasteiger partial charge in [-0.15, -0.1) is 23.1 Å². The van der Waals surface area contributed by atoms with E-state index < -0.39 is 0 Å². The van der Waals surface area contributed by atoms with Gasteiger partial charge < -0.3 is 10.1 Å². The highest BCUT2D eigenvalue weighted by Gasteiger charge is 2.09. The largest absolute Gasteiger partial charge is 0.486 e. The molecule has 0 aliphatic rings. The SMILES string of the molecule is CSc1ccc(NC(=O)Cc2csc(COc3ccc(Cl)cc3)n2)cn1. The summed E-state index contributed by atoms with van der Waals surface area (Å²) in [5.41, 5.74) is 1.39. The van der Waals surface area contributed by atoms with Gasteiger partial charge in [0.05, 0.1) is 29.0 Å². The van der Waals surface area contributed by atoms with Crippen molar-refractivity contribution in [3.8, 4) is 5.75 Å². The number of nitrogens with zero attached hydrogens (tertiary/aromatic N) is 2. The van der Waals surface area contributed by atoms with Crippen LogP contribution in [-0.4, -0.2) is 22.1 Å². The van der Waals surface area contributed by atoms with Gasteiger partial charge in [-0.1, -0.05) is 11.6 Å². The van der Waals surface area contributed by atoms with E-state index in [0.717, 1.165) is 21.5 Å². The Kier molecular flexibility index (Phi) is 6.49. The second-order valence-corrected chi connectivity index (χ2v) is 7.49. The normalized spacial score (nSPS) is 10.5. The summed E-state index contributed by atoms with van der Waals surface area (Å²) >= 11 is 8.87. The van der Waals surface area contributed by atoms with Gasteiger partial charge in [0.15, 0.2) is 0 Å². The number of ether oxygens (including phenoxy) is 1. The first-order chi connectivity index (χ1) is 12.6. The molecule has 2 heterocycles. The number of benzene rings is 1. The Hall–Kier alpha value is -2.09. The van der Waals surface area contributed by atoms with E-state index >= 15 is 0 Å². The summed E-state index contributed by atoms with van der Waals surface area (Å²) in [6.45, 7) is 0.355. The van der Waals surface area contributed by atoms with Gasteiger partial charge in [0.25, 0.3) is 0 Å². The van der Waals surface area contributed by atoms with Gasteiger partial charge >= 0.3 is 0 Å². The molecule has 26 heavy (non-hydrogen) atoms. The number of thioether (sulfide) groups is 1. The minimum Gasteiger partial charge on any atom is -0.486 e. The zero-order chi connectivity index (χ0) is 18.4. The number of pyridine rings is 1. The summed E-state index contributed by atoms with van der Waals surface area (Å²) in [6.07, 6.45) is 3.81. The average Bonchev–Trinajstić information content (AvgIpc) is 3.09. The topological polar surface area (TPSA) is 64.1 Å². The predicted molar refractivity (Wildman–Crippen MR) is 106 cm³/mol. The number of rotatable bonds is 7. The Labute approximate surface area is 164 Å². The lowest BCUT2D eigenvalue weighted by atomic mass is 10.3. The minimum atomic E-state index is -0.126. The molecule has 1 aromatic carbocycles. The molecule has 8 heteroatoms. The van der Waals surface area contributed by atoms with Crippen molar-refractivity contribution in [3.63, 3.8) is 0 Å². The Morgan fingerprint density at radius 3 is 2.77 bits per heavy atom. The number of carbonyl (C=O) groups is 1. The molecule has 0 unspecified atom stereocenters. The standard InChI is InChI=1S/C18H16ClN3O2S2/c1-25-17-7-4-13(9-20-17)21-16(23)8-14-11-26-18(22-14)10-24-15-5-2-12(19)3-6-15/h2-7,9,11H,8,10H2,1H3,(H,21,23). The number of anilines is 1. The van der Waals surface area contributed by atoms with Crippen molar-refractivity contribution in [2.24, 2.45) is 0 Å². The lowest BCUT2D eigenvalue weighted by Gasteiger charge is -2.04. The van der Waals surface area contributed by atoms with E-state index in [1.165, 1.54) is 11.3 Å². The molecular weight excluding hydrogens is 390 g/mol. The molecule has 0 atom stereocenters. The monoisotopic (exact) mass is 405 g/mol. The van der Waals surface area contributed by atoms with Gasteiger partial charge in [-0.2, -0.15) is 0 Å². The lowest BCUT2D eigenvalue weighted by molar-refractivity contribution is -0.115. The summed E-state index contributed by atoms with van der Waals surface area (Å²) in [5.74, 6) is 0.601. The fourth-order valence-electron chi connectivity index (χ4n) is 2.12. The molecule has 0 aliphatic carbocycles. The third-order valence-corrected chi connectivity index (χ3v) is 5.13. The average molecular weight is 406 g/mol. The Morgan fingerprint density at radius 1 is 1.27 bits per heavy atom. The number of thiazole rings is 1. The maximum Gasteiger partial charge on any atom is 0.230 e. The van der Waals surface area contributed by atoms with Crippen molar-refractivity contribution in [2.75, 3.05) is 11.6 Å². The van der Waals surface area contributed by atoms with Gasteiger partial charge in [-0.3, -0.25) is 4.79 Å². The molecule has 5 nitrogen and oxygen atoms in total. The van der Waals surface area contributed by atoms with Crippen molar-refractivity contribution in [1.82, 2.24) is 9.97 Å². The molecule has 3 aromatic rings. The highest BCUT2D eigenvalue weighted by Crippen LogP contribution is 2.19. The third kappa shape index (κ3) is 5.45. The Morgan fingerprint density at radius 2 is 2.08 bits per heavy atom. The first kappa shape index (κ1) is 18.7. The van der Waals surface area contributed by atoms with Gasteiger partial charge in [0, 0.05) is 10.4 Å². The molecule has 3 rings (SSSR count). The number of hydrogen-bond donors (Lipinski definition) is 1. The third-order valence-electron chi connectivity index (χ3n) is 3.35. The van der Waals surface area contributed by atoms with Gasteiger partial charge in [0.2, 0.25) is 5.91 Å². The van der Waals surface area contributed by atoms with Crippen LogP contribution in [0.2, 0.25) is 5.02 Å². The van der Waals surface area contributed by atoms with E-state index in [-0.39, 0.29) is 12.3 Å². The number of nitrogens with one attached hydrogen (secondary N) is 1. The highest BCUT2D eigenvalue weighted by atomic mass is 35.5. The van der Waals surface area contributed by atoms with Crippen LogP contribution in [0.5, 0.6) is 5.75 Å². The summed E-state index contributed by atoms with van der Waals surface area (Å²) in [5, 5.41) is 7.08. The smallest absolute Gasteiger partial charge is 0.230 e. The molecule has 1 amide bonds. The second-order valence-electron chi connectivity index (χ2n) is 5.29. The molecule has 134 valence electrons. The first-order valence-corrected chi connectivity index (χ1v) is 10.2. The summed E-state index contributed by atoms with van der Waals surface area (Å²) in [7, 11) is 0. The fourth-order valence-corrected chi connectivity index (χ4v) is 3.31. The summed E-state index contributed by atoms with van der Waals surface area (Å²) in [4.78, 5) is 20.8. The van der Waals surface area contributed by atoms with Crippen LogP contribution in [0.3, 0.4) is 0 Å². The highest BCUT2D eigenvalue weighted by molar-refractivity contribution is 7.98. The van der Waals surface area contributed by atoms with Gasteiger partial charge in [-0.05, 0) is 42.7 Å². The van der Waals surface area contributed by atoms with Crippen molar-refractivity contribution >= 4 is 46.3 Å². The maximum absolute atomic E-state index is 12.1. The molecular formula is C18H16ClN3O2S2. The molecule has 0 bridgehead atoms. The Balaban J connectivity index is 1.50. The zero-order valence-electron chi connectivity index (χ0n) is 13.9. The molecule has 1 N–H and O–H groups in total. The number of carbonyl (C=O) groups excluding carboxylic acids is 1. The van der Waals surface area contributed by atoms with E-state index in [4.69, 9.17) is 16.3 Å². The molecule has 0 saturated carbocycles. The van der Waals surface area contributed by atoms with Gasteiger partial charge in [-0.25, -0.2) is 9.97 Å². The van der Waals surface area contributed by atoms with Crippen molar-refractivity contribution in [2.45, 2.75) is 18.1 Å². The molecule has 2 aromatic heterocycles. The fraction of sp³-hybridized carbons (Fsp3) is 0.167. The number of halogens is 1.